The summed E-state index contributed by atoms with van der Waals surface area (Å²) in [5, 5.41) is 11.6. The topological polar surface area (TPSA) is 58.6 Å². The van der Waals surface area contributed by atoms with E-state index in [4.69, 9.17) is 4.74 Å². The molecule has 1 aliphatic carbocycles. The van der Waals surface area contributed by atoms with Gasteiger partial charge in [-0.3, -0.25) is 4.79 Å². The zero-order valence-corrected chi connectivity index (χ0v) is 10.9. The van der Waals surface area contributed by atoms with Crippen molar-refractivity contribution in [2.45, 2.75) is 56.8 Å². The van der Waals surface area contributed by atoms with Gasteiger partial charge in [0.15, 0.2) is 5.60 Å². The van der Waals surface area contributed by atoms with Gasteiger partial charge in [0.05, 0.1) is 0 Å². The van der Waals surface area contributed by atoms with Crippen molar-refractivity contribution in [2.24, 2.45) is 0 Å². The number of amides is 1. The van der Waals surface area contributed by atoms with Crippen LogP contribution in [0.15, 0.2) is 0 Å². The van der Waals surface area contributed by atoms with Gasteiger partial charge in [0.1, 0.15) is 6.61 Å². The number of carbonyl (C=O) groups excluding carboxylic acids is 1. The van der Waals surface area contributed by atoms with Crippen LogP contribution in [-0.4, -0.2) is 42.0 Å². The minimum atomic E-state index is -4.63. The first kappa shape index (κ1) is 16.2. The molecule has 112 valence electrons. The molecule has 0 aromatic carbocycles. The molecule has 0 spiro atoms. The van der Waals surface area contributed by atoms with Crippen LogP contribution in [0.4, 0.5) is 13.2 Å². The summed E-state index contributed by atoms with van der Waals surface area (Å²) in [4.78, 5) is 11.3. The Morgan fingerprint density at radius 1 is 1.42 bits per heavy atom. The van der Waals surface area contributed by atoms with Gasteiger partial charge >= 0.3 is 6.18 Å². The average Bonchev–Trinajstić information content (AvgIpc) is 2.25. The number of nitrogens with one attached hydrogen (secondary N) is 1. The monoisotopic (exact) mass is 283 g/mol. The Balaban J connectivity index is 2.12. The molecule has 1 amide bonds. The molecule has 0 aromatic rings. The Bertz CT molecular complexity index is 301. The van der Waals surface area contributed by atoms with Gasteiger partial charge in [0.2, 0.25) is 5.91 Å². The molecule has 0 aliphatic heterocycles. The van der Waals surface area contributed by atoms with Crippen LogP contribution in [0, 0.1) is 0 Å². The maximum Gasteiger partial charge on any atom is 0.417 e. The molecule has 1 rings (SSSR count). The second kappa shape index (κ2) is 6.56. The molecule has 2 N–H and O–H groups in total. The fraction of sp³-hybridized carbons (Fsp3) is 0.917. The van der Waals surface area contributed by atoms with E-state index in [0.29, 0.717) is 6.61 Å². The standard InChI is InChI=1S/C12H20F3NO3/c1-2-3-4-5-19-8-10(17)16-9-6-11(18,7-9)12(13,14)15/h9,18H,2-8H2,1H3,(H,16,17). The van der Waals surface area contributed by atoms with Crippen molar-refractivity contribution < 1.29 is 27.8 Å². The molecule has 0 heterocycles. The van der Waals surface area contributed by atoms with Gasteiger partial charge in [-0.15, -0.1) is 0 Å². The van der Waals surface area contributed by atoms with E-state index < -0.39 is 36.6 Å². The van der Waals surface area contributed by atoms with Crippen LogP contribution < -0.4 is 5.32 Å². The normalized spacial score (nSPS) is 26.9. The predicted octanol–water partition coefficient (Wildman–Crippen LogP) is 1.77. The predicted molar refractivity (Wildman–Crippen MR) is 62.5 cm³/mol. The average molecular weight is 283 g/mol. The Morgan fingerprint density at radius 3 is 2.58 bits per heavy atom. The van der Waals surface area contributed by atoms with Gasteiger partial charge < -0.3 is 15.2 Å². The van der Waals surface area contributed by atoms with Gasteiger partial charge in [-0.25, -0.2) is 0 Å². The summed E-state index contributed by atoms with van der Waals surface area (Å²) in [6.45, 7) is 2.37. The van der Waals surface area contributed by atoms with Crippen molar-refractivity contribution in [3.8, 4) is 0 Å². The summed E-state index contributed by atoms with van der Waals surface area (Å²) in [5.74, 6) is -0.439. The minimum absolute atomic E-state index is 0.148. The lowest BCUT2D eigenvalue weighted by atomic mass is 9.75. The molecule has 19 heavy (non-hydrogen) atoms. The van der Waals surface area contributed by atoms with Crippen LogP contribution in [0.25, 0.3) is 0 Å². The number of ether oxygens (including phenoxy) is 1. The largest absolute Gasteiger partial charge is 0.417 e. The lowest BCUT2D eigenvalue weighted by molar-refractivity contribution is -0.291. The SMILES string of the molecule is CCCCCOCC(=O)NC1CC(O)(C(F)(F)F)C1. The highest BCUT2D eigenvalue weighted by Crippen LogP contribution is 2.45. The fourth-order valence-corrected chi connectivity index (χ4v) is 1.98. The van der Waals surface area contributed by atoms with Crippen molar-refractivity contribution in [3.63, 3.8) is 0 Å². The van der Waals surface area contributed by atoms with Gasteiger partial charge in [-0.2, -0.15) is 13.2 Å². The van der Waals surface area contributed by atoms with Crippen LogP contribution in [0.2, 0.25) is 0 Å². The highest BCUT2D eigenvalue weighted by Gasteiger charge is 2.61. The smallest absolute Gasteiger partial charge is 0.380 e. The summed E-state index contributed by atoms with van der Waals surface area (Å²) in [6, 6.07) is -0.627. The lowest BCUT2D eigenvalue weighted by Crippen LogP contribution is -2.62. The first-order valence-electron chi connectivity index (χ1n) is 6.44. The third-order valence-corrected chi connectivity index (χ3v) is 3.19. The van der Waals surface area contributed by atoms with E-state index in [1.807, 2.05) is 6.92 Å². The third-order valence-electron chi connectivity index (χ3n) is 3.19. The molecule has 1 aliphatic rings. The molecule has 0 radical (unpaired) electrons. The van der Waals surface area contributed by atoms with Crippen molar-refractivity contribution in [3.05, 3.63) is 0 Å². The van der Waals surface area contributed by atoms with Crippen molar-refractivity contribution in [2.75, 3.05) is 13.2 Å². The highest BCUT2D eigenvalue weighted by molar-refractivity contribution is 5.77. The van der Waals surface area contributed by atoms with E-state index >= 15 is 0 Å². The second-order valence-electron chi connectivity index (χ2n) is 4.96. The molecule has 0 aromatic heterocycles. The molecule has 0 unspecified atom stereocenters. The maximum atomic E-state index is 12.3. The molecule has 0 saturated heterocycles. The number of alkyl halides is 3. The first-order valence-corrected chi connectivity index (χ1v) is 6.44. The molecule has 7 heteroatoms. The summed E-state index contributed by atoms with van der Waals surface area (Å²) in [5.41, 5.74) is -2.65. The van der Waals surface area contributed by atoms with Gasteiger partial charge in [-0.1, -0.05) is 19.8 Å². The molecular formula is C12H20F3NO3. The summed E-state index contributed by atoms with van der Waals surface area (Å²) < 4.78 is 42.1. The van der Waals surface area contributed by atoms with Crippen molar-refractivity contribution in [1.29, 1.82) is 0 Å². The van der Waals surface area contributed by atoms with Gasteiger partial charge in [0, 0.05) is 25.5 Å². The second-order valence-corrected chi connectivity index (χ2v) is 4.96. The number of hydrogen-bond donors (Lipinski definition) is 2. The fourth-order valence-electron chi connectivity index (χ4n) is 1.98. The van der Waals surface area contributed by atoms with E-state index in [2.05, 4.69) is 5.32 Å². The molecule has 1 fully saturated rings. The van der Waals surface area contributed by atoms with Gasteiger partial charge in [0.25, 0.3) is 0 Å². The van der Waals surface area contributed by atoms with Crippen LogP contribution >= 0.6 is 0 Å². The maximum absolute atomic E-state index is 12.3. The Hall–Kier alpha value is -0.820. The van der Waals surface area contributed by atoms with E-state index in [9.17, 15) is 23.1 Å². The zero-order valence-electron chi connectivity index (χ0n) is 10.9. The third kappa shape index (κ3) is 4.65. The van der Waals surface area contributed by atoms with Crippen LogP contribution in [-0.2, 0) is 9.53 Å². The minimum Gasteiger partial charge on any atom is -0.380 e. The van der Waals surface area contributed by atoms with Crippen LogP contribution in [0.3, 0.4) is 0 Å². The molecule has 4 nitrogen and oxygen atoms in total. The lowest BCUT2D eigenvalue weighted by Gasteiger charge is -2.44. The van der Waals surface area contributed by atoms with E-state index in [1.54, 1.807) is 0 Å². The quantitative estimate of drug-likeness (QED) is 0.700. The number of carbonyl (C=O) groups is 1. The number of halogens is 3. The van der Waals surface area contributed by atoms with E-state index in [-0.39, 0.29) is 6.61 Å². The molecule has 1 saturated carbocycles. The van der Waals surface area contributed by atoms with Crippen molar-refractivity contribution in [1.82, 2.24) is 5.32 Å². The molecular weight excluding hydrogens is 263 g/mol. The summed E-state index contributed by atoms with van der Waals surface area (Å²) in [7, 11) is 0. The van der Waals surface area contributed by atoms with Crippen molar-refractivity contribution >= 4 is 5.91 Å². The number of hydrogen-bond acceptors (Lipinski definition) is 3. The van der Waals surface area contributed by atoms with Crippen LogP contribution in [0.5, 0.6) is 0 Å². The van der Waals surface area contributed by atoms with Crippen LogP contribution in [0.1, 0.15) is 39.0 Å². The van der Waals surface area contributed by atoms with Gasteiger partial charge in [-0.05, 0) is 6.42 Å². The number of rotatable bonds is 7. The highest BCUT2D eigenvalue weighted by atomic mass is 19.4. The number of aliphatic hydroxyl groups is 1. The van der Waals surface area contributed by atoms with E-state index in [1.165, 1.54) is 0 Å². The summed E-state index contributed by atoms with van der Waals surface area (Å²) in [6.07, 6.45) is -2.68. The van der Waals surface area contributed by atoms with E-state index in [0.717, 1.165) is 19.3 Å². The molecule has 0 atom stereocenters. The number of unbranched alkanes of at least 4 members (excludes halogenated alkanes) is 2. The Morgan fingerprint density at radius 2 is 2.05 bits per heavy atom. The molecule has 0 bridgehead atoms. The summed E-state index contributed by atoms with van der Waals surface area (Å²) >= 11 is 0. The Labute approximate surface area is 110 Å². The zero-order chi connectivity index (χ0) is 14.5. The first-order chi connectivity index (χ1) is 8.78. The Kier molecular flexibility index (Phi) is 5.61.